The van der Waals surface area contributed by atoms with Crippen LogP contribution in [-0.2, 0) is 9.59 Å². The number of nitrogens with one attached hydrogen (secondary N) is 1. The molecule has 0 aromatic rings. The highest BCUT2D eigenvalue weighted by atomic mass is 16.4. The van der Waals surface area contributed by atoms with Gasteiger partial charge in [-0.3, -0.25) is 4.79 Å². The fourth-order valence-corrected chi connectivity index (χ4v) is 2.26. The van der Waals surface area contributed by atoms with Crippen molar-refractivity contribution in [2.45, 2.75) is 58.9 Å². The predicted molar refractivity (Wildman–Crippen MR) is 70.2 cm³/mol. The SMILES string of the molecule is CC(C(=O)O)=C(C)C(=O)NC1CCCC(C)CC1. The molecule has 18 heavy (non-hydrogen) atoms. The average molecular weight is 253 g/mol. The van der Waals surface area contributed by atoms with Gasteiger partial charge in [-0.2, -0.15) is 0 Å². The molecule has 4 nitrogen and oxygen atoms in total. The molecule has 0 aromatic heterocycles. The lowest BCUT2D eigenvalue weighted by Crippen LogP contribution is -2.35. The van der Waals surface area contributed by atoms with Gasteiger partial charge in [0.15, 0.2) is 0 Å². The van der Waals surface area contributed by atoms with Crippen LogP contribution in [0.2, 0.25) is 0 Å². The Kier molecular flexibility index (Phi) is 5.38. The summed E-state index contributed by atoms with van der Waals surface area (Å²) in [6.07, 6.45) is 5.47. The monoisotopic (exact) mass is 253 g/mol. The number of carboxylic acids is 1. The zero-order chi connectivity index (χ0) is 13.7. The summed E-state index contributed by atoms with van der Waals surface area (Å²) in [4.78, 5) is 22.7. The maximum Gasteiger partial charge on any atom is 0.331 e. The van der Waals surface area contributed by atoms with Crippen LogP contribution in [-0.4, -0.2) is 23.0 Å². The van der Waals surface area contributed by atoms with Gasteiger partial charge >= 0.3 is 5.97 Å². The fraction of sp³-hybridized carbons (Fsp3) is 0.714. The van der Waals surface area contributed by atoms with Crippen molar-refractivity contribution in [1.82, 2.24) is 5.32 Å². The molecule has 1 aliphatic rings. The third-order valence-electron chi connectivity index (χ3n) is 3.82. The van der Waals surface area contributed by atoms with Gasteiger partial charge in [0, 0.05) is 17.2 Å². The van der Waals surface area contributed by atoms with E-state index in [2.05, 4.69) is 12.2 Å². The molecule has 2 atom stereocenters. The van der Waals surface area contributed by atoms with Crippen molar-refractivity contribution in [2.75, 3.05) is 0 Å². The van der Waals surface area contributed by atoms with E-state index in [1.54, 1.807) is 6.92 Å². The second-order valence-electron chi connectivity index (χ2n) is 5.34. The highest BCUT2D eigenvalue weighted by Crippen LogP contribution is 2.22. The van der Waals surface area contributed by atoms with Crippen molar-refractivity contribution in [1.29, 1.82) is 0 Å². The number of carbonyl (C=O) groups excluding carboxylic acids is 1. The highest BCUT2D eigenvalue weighted by molar-refractivity contribution is 6.01. The minimum atomic E-state index is -1.03. The molecule has 0 aromatic carbocycles. The molecule has 4 heteroatoms. The summed E-state index contributed by atoms with van der Waals surface area (Å²) in [5, 5.41) is 11.8. The van der Waals surface area contributed by atoms with E-state index in [0.717, 1.165) is 31.6 Å². The van der Waals surface area contributed by atoms with Crippen LogP contribution < -0.4 is 5.32 Å². The molecule has 1 aliphatic carbocycles. The summed E-state index contributed by atoms with van der Waals surface area (Å²) in [5.41, 5.74) is 0.425. The molecular weight excluding hydrogens is 230 g/mol. The van der Waals surface area contributed by atoms with Crippen LogP contribution in [0.15, 0.2) is 11.1 Å². The summed E-state index contributed by atoms with van der Waals surface area (Å²) in [5.74, 6) is -0.545. The predicted octanol–water partition coefficient (Wildman–Crippen LogP) is 2.49. The van der Waals surface area contributed by atoms with Gasteiger partial charge in [-0.1, -0.05) is 19.8 Å². The Morgan fingerprint density at radius 2 is 1.72 bits per heavy atom. The second-order valence-corrected chi connectivity index (χ2v) is 5.34. The van der Waals surface area contributed by atoms with Gasteiger partial charge in [-0.05, 0) is 39.0 Å². The van der Waals surface area contributed by atoms with E-state index >= 15 is 0 Å². The third kappa shape index (κ3) is 4.17. The van der Waals surface area contributed by atoms with Crippen molar-refractivity contribution in [3.8, 4) is 0 Å². The molecule has 102 valence electrons. The van der Waals surface area contributed by atoms with Gasteiger partial charge in [-0.15, -0.1) is 0 Å². The van der Waals surface area contributed by atoms with E-state index in [1.165, 1.54) is 13.3 Å². The first-order valence-electron chi connectivity index (χ1n) is 6.63. The molecule has 1 rings (SSSR count). The van der Waals surface area contributed by atoms with Crippen LogP contribution in [0.25, 0.3) is 0 Å². The van der Waals surface area contributed by atoms with Gasteiger partial charge in [0.05, 0.1) is 0 Å². The van der Waals surface area contributed by atoms with Gasteiger partial charge in [-0.25, -0.2) is 4.79 Å². The topological polar surface area (TPSA) is 66.4 Å². The quantitative estimate of drug-likeness (QED) is 0.600. The first-order valence-corrected chi connectivity index (χ1v) is 6.63. The van der Waals surface area contributed by atoms with Crippen LogP contribution in [0.5, 0.6) is 0 Å². The van der Waals surface area contributed by atoms with Crippen LogP contribution in [0.4, 0.5) is 0 Å². The summed E-state index contributed by atoms with van der Waals surface area (Å²) in [6.45, 7) is 5.27. The maximum atomic E-state index is 11.9. The van der Waals surface area contributed by atoms with Crippen molar-refractivity contribution in [3.63, 3.8) is 0 Å². The van der Waals surface area contributed by atoms with Crippen LogP contribution in [0, 0.1) is 5.92 Å². The van der Waals surface area contributed by atoms with Crippen LogP contribution >= 0.6 is 0 Å². The Morgan fingerprint density at radius 1 is 1.06 bits per heavy atom. The minimum absolute atomic E-state index is 0.120. The molecule has 1 amide bonds. The van der Waals surface area contributed by atoms with E-state index in [9.17, 15) is 9.59 Å². The number of rotatable bonds is 3. The molecule has 0 radical (unpaired) electrons. The average Bonchev–Trinajstić information content (AvgIpc) is 2.52. The Labute approximate surface area is 108 Å². The number of hydrogen-bond donors (Lipinski definition) is 2. The van der Waals surface area contributed by atoms with Crippen LogP contribution in [0.3, 0.4) is 0 Å². The number of aliphatic carboxylic acids is 1. The van der Waals surface area contributed by atoms with Crippen molar-refractivity contribution < 1.29 is 14.7 Å². The lowest BCUT2D eigenvalue weighted by Gasteiger charge is -2.17. The molecule has 2 unspecified atom stereocenters. The number of carboxylic acid groups (broad SMARTS) is 1. The molecule has 0 aliphatic heterocycles. The van der Waals surface area contributed by atoms with Gasteiger partial charge < -0.3 is 10.4 Å². The van der Waals surface area contributed by atoms with Crippen molar-refractivity contribution >= 4 is 11.9 Å². The van der Waals surface area contributed by atoms with Gasteiger partial charge in [0.2, 0.25) is 5.91 Å². The van der Waals surface area contributed by atoms with E-state index in [4.69, 9.17) is 5.11 Å². The van der Waals surface area contributed by atoms with E-state index in [1.807, 2.05) is 0 Å². The first kappa shape index (κ1) is 14.7. The molecule has 0 saturated heterocycles. The number of carbonyl (C=O) groups is 2. The first-order chi connectivity index (χ1) is 8.41. The zero-order valence-electron chi connectivity index (χ0n) is 11.5. The third-order valence-corrected chi connectivity index (χ3v) is 3.82. The molecular formula is C14H23NO3. The Morgan fingerprint density at radius 3 is 2.33 bits per heavy atom. The summed E-state index contributed by atoms with van der Waals surface area (Å²) in [6, 6.07) is 0.194. The van der Waals surface area contributed by atoms with Crippen LogP contribution in [0.1, 0.15) is 52.9 Å². The lowest BCUT2D eigenvalue weighted by atomic mass is 10.0. The summed E-state index contributed by atoms with van der Waals surface area (Å²) >= 11 is 0. The fourth-order valence-electron chi connectivity index (χ4n) is 2.26. The molecule has 2 N–H and O–H groups in total. The van der Waals surface area contributed by atoms with Crippen molar-refractivity contribution in [2.24, 2.45) is 5.92 Å². The number of hydrogen-bond acceptors (Lipinski definition) is 2. The normalized spacial score (nSPS) is 25.9. The molecule has 1 fully saturated rings. The second kappa shape index (κ2) is 6.57. The largest absolute Gasteiger partial charge is 0.478 e. The number of amides is 1. The molecule has 0 bridgehead atoms. The minimum Gasteiger partial charge on any atom is -0.478 e. The van der Waals surface area contributed by atoms with Gasteiger partial charge in [0.1, 0.15) is 0 Å². The molecule has 1 saturated carbocycles. The smallest absolute Gasteiger partial charge is 0.331 e. The lowest BCUT2D eigenvalue weighted by molar-refractivity contribution is -0.133. The Bertz CT molecular complexity index is 360. The summed E-state index contributed by atoms with van der Waals surface area (Å²) < 4.78 is 0. The Hall–Kier alpha value is -1.32. The van der Waals surface area contributed by atoms with Gasteiger partial charge in [0.25, 0.3) is 0 Å². The maximum absolute atomic E-state index is 11.9. The van der Waals surface area contributed by atoms with E-state index < -0.39 is 5.97 Å². The van der Waals surface area contributed by atoms with E-state index in [-0.39, 0.29) is 17.5 Å². The zero-order valence-corrected chi connectivity index (χ0v) is 11.5. The molecule has 0 spiro atoms. The standard InChI is InChI=1S/C14H23NO3/c1-9-5-4-6-12(8-7-9)15-13(16)10(2)11(3)14(17)18/h9,12H,4-8H2,1-3H3,(H,15,16)(H,17,18). The highest BCUT2D eigenvalue weighted by Gasteiger charge is 2.20. The Balaban J connectivity index is 2.59. The van der Waals surface area contributed by atoms with E-state index in [0.29, 0.717) is 5.57 Å². The summed E-state index contributed by atoms with van der Waals surface area (Å²) in [7, 11) is 0. The van der Waals surface area contributed by atoms with Crippen molar-refractivity contribution in [3.05, 3.63) is 11.1 Å². The molecule has 0 heterocycles.